The predicted octanol–water partition coefficient (Wildman–Crippen LogP) is 1.48. The van der Waals surface area contributed by atoms with Gasteiger partial charge in [0.25, 0.3) is 0 Å². The molecule has 0 spiro atoms. The summed E-state index contributed by atoms with van der Waals surface area (Å²) in [5, 5.41) is 9.10. The third-order valence-electron chi connectivity index (χ3n) is 3.60. The van der Waals surface area contributed by atoms with E-state index in [0.29, 0.717) is 43.2 Å². The van der Waals surface area contributed by atoms with E-state index in [2.05, 4.69) is 0 Å². The molecule has 1 saturated heterocycles. The van der Waals surface area contributed by atoms with Crippen LogP contribution in [-0.4, -0.2) is 44.1 Å². The summed E-state index contributed by atoms with van der Waals surface area (Å²) in [5.41, 5.74) is 0. The Morgan fingerprint density at radius 2 is 1.85 bits per heavy atom. The molecule has 0 radical (unpaired) electrons. The van der Waals surface area contributed by atoms with Crippen LogP contribution >= 0.6 is 0 Å². The van der Waals surface area contributed by atoms with Crippen molar-refractivity contribution in [1.82, 2.24) is 4.31 Å². The fourth-order valence-corrected chi connectivity index (χ4v) is 3.83. The standard InChI is InChI=1S/C14H21NO4S/c1-2-19-13-3-5-14(6-4-13)20(17,18)15-9-7-12(11-16)8-10-15/h3-6,12,16H,2,7-11H2,1H3. The molecule has 1 aliphatic rings. The fourth-order valence-electron chi connectivity index (χ4n) is 2.36. The number of hydrogen-bond acceptors (Lipinski definition) is 4. The summed E-state index contributed by atoms with van der Waals surface area (Å²) in [5.74, 6) is 0.896. The molecule has 6 heteroatoms. The highest BCUT2D eigenvalue weighted by atomic mass is 32.2. The maximum absolute atomic E-state index is 12.5. The van der Waals surface area contributed by atoms with E-state index in [-0.39, 0.29) is 12.5 Å². The Morgan fingerprint density at radius 1 is 1.25 bits per heavy atom. The largest absolute Gasteiger partial charge is 0.494 e. The molecule has 1 fully saturated rings. The highest BCUT2D eigenvalue weighted by molar-refractivity contribution is 7.89. The second kappa shape index (κ2) is 6.56. The normalized spacial score (nSPS) is 18.1. The SMILES string of the molecule is CCOc1ccc(S(=O)(=O)N2CCC(CO)CC2)cc1. The molecule has 0 amide bonds. The third-order valence-corrected chi connectivity index (χ3v) is 5.52. The van der Waals surface area contributed by atoms with Crippen LogP contribution in [0.1, 0.15) is 19.8 Å². The minimum absolute atomic E-state index is 0.136. The van der Waals surface area contributed by atoms with Gasteiger partial charge in [0, 0.05) is 19.7 Å². The number of aliphatic hydroxyl groups excluding tert-OH is 1. The zero-order valence-corrected chi connectivity index (χ0v) is 12.5. The zero-order valence-electron chi connectivity index (χ0n) is 11.7. The number of benzene rings is 1. The van der Waals surface area contributed by atoms with E-state index in [1.807, 2.05) is 6.92 Å². The van der Waals surface area contributed by atoms with Gasteiger partial charge in [0.15, 0.2) is 0 Å². The van der Waals surface area contributed by atoms with Crippen LogP contribution in [0.2, 0.25) is 0 Å². The van der Waals surface area contributed by atoms with Crippen LogP contribution in [0.15, 0.2) is 29.2 Å². The van der Waals surface area contributed by atoms with Crippen LogP contribution in [-0.2, 0) is 10.0 Å². The monoisotopic (exact) mass is 299 g/mol. The zero-order chi connectivity index (χ0) is 14.6. The van der Waals surface area contributed by atoms with Crippen molar-refractivity contribution in [1.29, 1.82) is 0 Å². The van der Waals surface area contributed by atoms with Gasteiger partial charge in [-0.05, 0) is 49.9 Å². The molecule has 112 valence electrons. The molecule has 1 N–H and O–H groups in total. The third kappa shape index (κ3) is 3.31. The molecule has 1 aromatic rings. The van der Waals surface area contributed by atoms with Crippen LogP contribution in [0.4, 0.5) is 0 Å². The highest BCUT2D eigenvalue weighted by Crippen LogP contribution is 2.24. The van der Waals surface area contributed by atoms with Crippen molar-refractivity contribution >= 4 is 10.0 Å². The Balaban J connectivity index is 2.10. The molecular formula is C14H21NO4S. The van der Waals surface area contributed by atoms with Gasteiger partial charge in [-0.25, -0.2) is 8.42 Å². The number of hydrogen-bond donors (Lipinski definition) is 1. The fraction of sp³-hybridized carbons (Fsp3) is 0.571. The molecule has 5 nitrogen and oxygen atoms in total. The van der Waals surface area contributed by atoms with Crippen LogP contribution in [0.3, 0.4) is 0 Å². The molecule has 1 aliphatic heterocycles. The van der Waals surface area contributed by atoms with E-state index >= 15 is 0 Å². The van der Waals surface area contributed by atoms with Gasteiger partial charge >= 0.3 is 0 Å². The van der Waals surface area contributed by atoms with Gasteiger partial charge in [0.1, 0.15) is 5.75 Å². The van der Waals surface area contributed by atoms with Crippen LogP contribution in [0.25, 0.3) is 0 Å². The first-order chi connectivity index (χ1) is 9.57. The first kappa shape index (κ1) is 15.3. The number of sulfonamides is 1. The average molecular weight is 299 g/mol. The molecule has 1 heterocycles. The summed E-state index contributed by atoms with van der Waals surface area (Å²) in [7, 11) is -3.43. The van der Waals surface area contributed by atoms with Crippen molar-refractivity contribution in [2.75, 3.05) is 26.3 Å². The lowest BCUT2D eigenvalue weighted by Gasteiger charge is -2.30. The second-order valence-corrected chi connectivity index (χ2v) is 6.87. The van der Waals surface area contributed by atoms with E-state index in [4.69, 9.17) is 9.84 Å². The molecule has 20 heavy (non-hydrogen) atoms. The first-order valence-corrected chi connectivity index (χ1v) is 8.35. The molecule has 2 rings (SSSR count). The van der Waals surface area contributed by atoms with Crippen molar-refractivity contribution in [3.05, 3.63) is 24.3 Å². The summed E-state index contributed by atoms with van der Waals surface area (Å²) >= 11 is 0. The van der Waals surface area contributed by atoms with Gasteiger partial charge in [-0.3, -0.25) is 0 Å². The quantitative estimate of drug-likeness (QED) is 0.894. The number of nitrogens with zero attached hydrogens (tertiary/aromatic N) is 1. The number of aliphatic hydroxyl groups is 1. The summed E-state index contributed by atoms with van der Waals surface area (Å²) in [6.07, 6.45) is 1.43. The highest BCUT2D eigenvalue weighted by Gasteiger charge is 2.28. The summed E-state index contributed by atoms with van der Waals surface area (Å²) in [6.45, 7) is 3.52. The Morgan fingerprint density at radius 3 is 2.35 bits per heavy atom. The summed E-state index contributed by atoms with van der Waals surface area (Å²) in [4.78, 5) is 0.295. The predicted molar refractivity (Wildman–Crippen MR) is 76.2 cm³/mol. The van der Waals surface area contributed by atoms with E-state index in [9.17, 15) is 8.42 Å². The van der Waals surface area contributed by atoms with Gasteiger partial charge in [-0.2, -0.15) is 4.31 Å². The maximum Gasteiger partial charge on any atom is 0.243 e. The lowest BCUT2D eigenvalue weighted by Crippen LogP contribution is -2.39. The lowest BCUT2D eigenvalue weighted by molar-refractivity contribution is 0.170. The molecule has 0 saturated carbocycles. The van der Waals surface area contributed by atoms with Gasteiger partial charge < -0.3 is 9.84 Å². The Bertz CT molecular complexity index is 519. The Labute approximate surface area is 120 Å². The number of piperidine rings is 1. The molecule has 0 aliphatic carbocycles. The van der Waals surface area contributed by atoms with E-state index < -0.39 is 10.0 Å². The Kier molecular flexibility index (Phi) is 5.01. The molecule has 0 bridgehead atoms. The molecule has 0 unspecified atom stereocenters. The molecule has 1 aromatic carbocycles. The van der Waals surface area contributed by atoms with Gasteiger partial charge in [0.05, 0.1) is 11.5 Å². The smallest absolute Gasteiger partial charge is 0.243 e. The number of rotatable bonds is 5. The summed E-state index contributed by atoms with van der Waals surface area (Å²) < 4.78 is 31.8. The Hall–Kier alpha value is -1.11. The lowest BCUT2D eigenvalue weighted by atomic mass is 10.00. The van der Waals surface area contributed by atoms with Crippen molar-refractivity contribution in [3.8, 4) is 5.75 Å². The van der Waals surface area contributed by atoms with Gasteiger partial charge in [0.2, 0.25) is 10.0 Å². The topological polar surface area (TPSA) is 66.8 Å². The van der Waals surface area contributed by atoms with Crippen molar-refractivity contribution < 1.29 is 18.3 Å². The van der Waals surface area contributed by atoms with E-state index in [1.54, 1.807) is 24.3 Å². The van der Waals surface area contributed by atoms with Gasteiger partial charge in [-0.15, -0.1) is 0 Å². The molecule has 0 atom stereocenters. The van der Waals surface area contributed by atoms with Crippen LogP contribution in [0.5, 0.6) is 5.75 Å². The molecular weight excluding hydrogens is 278 g/mol. The van der Waals surface area contributed by atoms with Crippen molar-refractivity contribution in [2.45, 2.75) is 24.7 Å². The van der Waals surface area contributed by atoms with E-state index in [0.717, 1.165) is 0 Å². The minimum Gasteiger partial charge on any atom is -0.494 e. The van der Waals surface area contributed by atoms with Crippen LogP contribution < -0.4 is 4.74 Å². The van der Waals surface area contributed by atoms with Gasteiger partial charge in [-0.1, -0.05) is 0 Å². The second-order valence-electron chi connectivity index (χ2n) is 4.93. The van der Waals surface area contributed by atoms with Crippen molar-refractivity contribution in [3.63, 3.8) is 0 Å². The summed E-state index contributed by atoms with van der Waals surface area (Å²) in [6, 6.07) is 6.52. The maximum atomic E-state index is 12.5. The van der Waals surface area contributed by atoms with Crippen molar-refractivity contribution in [2.24, 2.45) is 5.92 Å². The minimum atomic E-state index is -3.43. The first-order valence-electron chi connectivity index (χ1n) is 6.91. The average Bonchev–Trinajstić information content (AvgIpc) is 2.48. The molecule has 0 aromatic heterocycles. The van der Waals surface area contributed by atoms with Crippen LogP contribution in [0, 0.1) is 5.92 Å². The number of ether oxygens (including phenoxy) is 1. The van der Waals surface area contributed by atoms with E-state index in [1.165, 1.54) is 4.31 Å².